The molecule has 0 saturated carbocycles. The van der Waals surface area contributed by atoms with E-state index in [-0.39, 0.29) is 29.4 Å². The molecule has 0 aliphatic carbocycles. The highest BCUT2D eigenvalue weighted by atomic mass is 35.5. The van der Waals surface area contributed by atoms with E-state index in [1.54, 1.807) is 17.0 Å². The summed E-state index contributed by atoms with van der Waals surface area (Å²) in [5, 5.41) is 1.14. The standard InChI is InChI=1S/C24H28ClN3O4S2/c25-19-8-10-20(11-9-19)34(30,31)18-3-7-23(29)28(13-4-12-27-14-16-32-17-15-27)24-26-21-5-1-2-6-22(21)33-24/h1-2,5-6,8-11H,3-4,7,12-18H2. The number of ether oxygens (including phenoxy) is 1. The maximum atomic E-state index is 13.2. The minimum absolute atomic E-state index is 0.0954. The lowest BCUT2D eigenvalue weighted by Crippen LogP contribution is -2.39. The number of anilines is 1. The first-order chi connectivity index (χ1) is 16.4. The molecule has 0 N–H and O–H groups in total. The molecule has 2 aromatic carbocycles. The van der Waals surface area contributed by atoms with E-state index in [1.165, 1.54) is 23.5 Å². The molecule has 1 saturated heterocycles. The predicted octanol–water partition coefficient (Wildman–Crippen LogP) is 4.26. The molecule has 0 bridgehead atoms. The molecule has 1 amide bonds. The van der Waals surface area contributed by atoms with Crippen LogP contribution in [0.3, 0.4) is 0 Å². The fourth-order valence-electron chi connectivity index (χ4n) is 3.89. The van der Waals surface area contributed by atoms with Gasteiger partial charge in [0.25, 0.3) is 0 Å². The van der Waals surface area contributed by atoms with E-state index in [0.717, 1.165) is 49.5 Å². The van der Waals surface area contributed by atoms with Gasteiger partial charge in [0.2, 0.25) is 5.91 Å². The quantitative estimate of drug-likeness (QED) is 0.396. The zero-order valence-corrected chi connectivity index (χ0v) is 21.2. The summed E-state index contributed by atoms with van der Waals surface area (Å²) in [4.78, 5) is 22.2. The van der Waals surface area contributed by atoms with Gasteiger partial charge in [0.15, 0.2) is 15.0 Å². The Morgan fingerprint density at radius 1 is 1.09 bits per heavy atom. The fraction of sp³-hybridized carbons (Fsp3) is 0.417. The summed E-state index contributed by atoms with van der Waals surface area (Å²) in [7, 11) is -3.48. The molecule has 1 aromatic heterocycles. The number of halogens is 1. The number of morpholine rings is 1. The molecular weight excluding hydrogens is 494 g/mol. The number of thiazole rings is 1. The van der Waals surface area contributed by atoms with Crippen LogP contribution in [0.2, 0.25) is 5.02 Å². The second-order valence-electron chi connectivity index (χ2n) is 8.19. The number of hydrogen-bond donors (Lipinski definition) is 0. The Hall–Kier alpha value is -2.04. The number of hydrogen-bond acceptors (Lipinski definition) is 7. The van der Waals surface area contributed by atoms with Gasteiger partial charge >= 0.3 is 0 Å². The summed E-state index contributed by atoms with van der Waals surface area (Å²) in [6.07, 6.45) is 1.19. The Kier molecular flexibility index (Phi) is 8.55. The number of carbonyl (C=O) groups excluding carboxylic acids is 1. The molecule has 1 fully saturated rings. The molecule has 10 heteroatoms. The number of aromatic nitrogens is 1. The van der Waals surface area contributed by atoms with Crippen LogP contribution < -0.4 is 4.90 Å². The van der Waals surface area contributed by atoms with Crippen molar-refractivity contribution >= 4 is 54.0 Å². The van der Waals surface area contributed by atoms with E-state index in [0.29, 0.717) is 16.7 Å². The third kappa shape index (κ3) is 6.55. The van der Waals surface area contributed by atoms with Crippen molar-refractivity contribution in [1.29, 1.82) is 0 Å². The van der Waals surface area contributed by atoms with Crippen molar-refractivity contribution in [3.63, 3.8) is 0 Å². The van der Waals surface area contributed by atoms with Crippen LogP contribution in [0.5, 0.6) is 0 Å². The Labute approximate surface area is 209 Å². The lowest BCUT2D eigenvalue weighted by molar-refractivity contribution is -0.118. The van der Waals surface area contributed by atoms with Crippen LogP contribution in [0.15, 0.2) is 53.4 Å². The molecule has 1 aliphatic rings. The normalized spacial score (nSPS) is 15.0. The smallest absolute Gasteiger partial charge is 0.228 e. The number of rotatable bonds is 10. The summed E-state index contributed by atoms with van der Waals surface area (Å²) in [6.45, 7) is 4.70. The Morgan fingerprint density at radius 3 is 2.56 bits per heavy atom. The van der Waals surface area contributed by atoms with E-state index in [2.05, 4.69) is 9.88 Å². The molecule has 4 rings (SSSR count). The number of fused-ring (bicyclic) bond motifs is 1. The molecule has 0 atom stereocenters. The van der Waals surface area contributed by atoms with E-state index >= 15 is 0 Å². The first-order valence-electron chi connectivity index (χ1n) is 11.4. The van der Waals surface area contributed by atoms with Crippen molar-refractivity contribution in [2.45, 2.75) is 24.2 Å². The lowest BCUT2D eigenvalue weighted by Gasteiger charge is -2.27. The van der Waals surface area contributed by atoms with Crippen LogP contribution in [0.1, 0.15) is 19.3 Å². The van der Waals surface area contributed by atoms with E-state index in [9.17, 15) is 13.2 Å². The van der Waals surface area contributed by atoms with Crippen LogP contribution >= 0.6 is 22.9 Å². The monoisotopic (exact) mass is 521 g/mol. The van der Waals surface area contributed by atoms with Gasteiger partial charge in [-0.1, -0.05) is 35.1 Å². The third-order valence-corrected chi connectivity index (χ3v) is 8.88. The number of carbonyl (C=O) groups is 1. The van der Waals surface area contributed by atoms with Gasteiger partial charge in [-0.15, -0.1) is 0 Å². The maximum absolute atomic E-state index is 13.2. The zero-order valence-electron chi connectivity index (χ0n) is 18.9. The van der Waals surface area contributed by atoms with Crippen LogP contribution in [-0.4, -0.2) is 69.4 Å². The Morgan fingerprint density at radius 2 is 1.82 bits per heavy atom. The minimum Gasteiger partial charge on any atom is -0.379 e. The highest BCUT2D eigenvalue weighted by Crippen LogP contribution is 2.29. The Bertz CT molecular complexity index is 1180. The number of nitrogens with zero attached hydrogens (tertiary/aromatic N) is 3. The fourth-order valence-corrected chi connectivity index (χ4v) is 6.33. The number of benzene rings is 2. The predicted molar refractivity (Wildman–Crippen MR) is 137 cm³/mol. The number of para-hydroxylation sites is 1. The van der Waals surface area contributed by atoms with Crippen molar-refractivity contribution in [1.82, 2.24) is 9.88 Å². The molecule has 182 valence electrons. The van der Waals surface area contributed by atoms with Crippen LogP contribution in [0, 0.1) is 0 Å². The van der Waals surface area contributed by atoms with Crippen LogP contribution in [0.25, 0.3) is 10.2 Å². The summed E-state index contributed by atoms with van der Waals surface area (Å²) >= 11 is 7.35. The summed E-state index contributed by atoms with van der Waals surface area (Å²) in [5.41, 5.74) is 0.860. The second kappa shape index (κ2) is 11.6. The molecule has 1 aliphatic heterocycles. The van der Waals surface area contributed by atoms with Gasteiger partial charge in [0.1, 0.15) is 0 Å². The van der Waals surface area contributed by atoms with Gasteiger partial charge in [-0.05, 0) is 49.2 Å². The largest absolute Gasteiger partial charge is 0.379 e. The molecular formula is C24H28ClN3O4S2. The Balaban J connectivity index is 1.40. The SMILES string of the molecule is O=C(CCCS(=O)(=O)c1ccc(Cl)cc1)N(CCCN1CCOCC1)c1nc2ccccc2s1. The minimum atomic E-state index is -3.48. The molecule has 3 aromatic rings. The van der Waals surface area contributed by atoms with Gasteiger partial charge in [-0.2, -0.15) is 0 Å². The highest BCUT2D eigenvalue weighted by Gasteiger charge is 2.22. The van der Waals surface area contributed by atoms with Gasteiger partial charge < -0.3 is 4.74 Å². The van der Waals surface area contributed by atoms with Crippen LogP contribution in [0.4, 0.5) is 5.13 Å². The lowest BCUT2D eigenvalue weighted by atomic mass is 10.2. The number of sulfone groups is 1. The van der Waals surface area contributed by atoms with E-state index in [4.69, 9.17) is 16.3 Å². The third-order valence-electron chi connectivity index (χ3n) is 5.75. The van der Waals surface area contributed by atoms with Crippen LogP contribution in [-0.2, 0) is 19.4 Å². The van der Waals surface area contributed by atoms with Crippen molar-refractivity contribution in [2.24, 2.45) is 0 Å². The van der Waals surface area contributed by atoms with Gasteiger partial charge in [-0.3, -0.25) is 14.6 Å². The van der Waals surface area contributed by atoms with E-state index < -0.39 is 9.84 Å². The molecule has 0 unspecified atom stereocenters. The van der Waals surface area contributed by atoms with Crippen molar-refractivity contribution < 1.29 is 17.9 Å². The summed E-state index contributed by atoms with van der Waals surface area (Å²) in [6, 6.07) is 13.9. The zero-order chi connectivity index (χ0) is 24.0. The number of amides is 1. The average molecular weight is 522 g/mol. The van der Waals surface area contributed by atoms with Gasteiger partial charge in [0, 0.05) is 37.6 Å². The molecule has 0 spiro atoms. The van der Waals surface area contributed by atoms with Crippen molar-refractivity contribution in [3.8, 4) is 0 Å². The summed E-state index contributed by atoms with van der Waals surface area (Å²) in [5.74, 6) is -0.200. The molecule has 34 heavy (non-hydrogen) atoms. The highest BCUT2D eigenvalue weighted by molar-refractivity contribution is 7.91. The average Bonchev–Trinajstić information content (AvgIpc) is 3.26. The topological polar surface area (TPSA) is 79.8 Å². The van der Waals surface area contributed by atoms with Crippen molar-refractivity contribution in [3.05, 3.63) is 53.6 Å². The molecule has 0 radical (unpaired) electrons. The first kappa shape index (κ1) is 25.1. The molecule has 7 nitrogen and oxygen atoms in total. The van der Waals surface area contributed by atoms with Gasteiger partial charge in [-0.25, -0.2) is 13.4 Å². The van der Waals surface area contributed by atoms with Crippen molar-refractivity contribution in [2.75, 3.05) is 50.0 Å². The van der Waals surface area contributed by atoms with E-state index in [1.807, 2.05) is 24.3 Å². The second-order valence-corrected chi connectivity index (χ2v) is 11.7. The van der Waals surface area contributed by atoms with Gasteiger partial charge in [0.05, 0.1) is 34.1 Å². The maximum Gasteiger partial charge on any atom is 0.228 e. The first-order valence-corrected chi connectivity index (χ1v) is 14.2. The molecule has 2 heterocycles. The summed E-state index contributed by atoms with van der Waals surface area (Å²) < 4.78 is 31.7.